The monoisotopic (exact) mass is 237 g/mol. The standard InChI is InChI=1S/C14H17F2N/c1-14(7-9(14)8-17-10-5-6-10)13-11(15)3-2-4-12(13)16/h2-4,9-10,17H,5-8H2,1H3. The molecule has 0 saturated heterocycles. The van der Waals surface area contributed by atoms with E-state index >= 15 is 0 Å². The molecule has 2 aliphatic carbocycles. The molecule has 0 aliphatic heterocycles. The Kier molecular flexibility index (Phi) is 2.47. The van der Waals surface area contributed by atoms with Crippen molar-refractivity contribution in [3.8, 4) is 0 Å². The van der Waals surface area contributed by atoms with Gasteiger partial charge in [0.1, 0.15) is 11.6 Å². The second-order valence-electron chi connectivity index (χ2n) is 5.60. The molecule has 0 aromatic heterocycles. The van der Waals surface area contributed by atoms with Gasteiger partial charge in [0, 0.05) is 17.0 Å². The average Bonchev–Trinajstić information content (AvgIpc) is 3.13. The van der Waals surface area contributed by atoms with E-state index in [0.717, 1.165) is 13.0 Å². The highest BCUT2D eigenvalue weighted by Crippen LogP contribution is 2.55. The molecule has 0 heterocycles. The van der Waals surface area contributed by atoms with Gasteiger partial charge in [0.15, 0.2) is 0 Å². The van der Waals surface area contributed by atoms with Crippen LogP contribution in [0, 0.1) is 17.6 Å². The van der Waals surface area contributed by atoms with Gasteiger partial charge in [0.05, 0.1) is 0 Å². The summed E-state index contributed by atoms with van der Waals surface area (Å²) in [7, 11) is 0. The van der Waals surface area contributed by atoms with Crippen molar-refractivity contribution < 1.29 is 8.78 Å². The van der Waals surface area contributed by atoms with Gasteiger partial charge in [-0.25, -0.2) is 8.78 Å². The molecule has 2 atom stereocenters. The number of benzene rings is 1. The van der Waals surface area contributed by atoms with Crippen LogP contribution in [0.3, 0.4) is 0 Å². The molecule has 0 amide bonds. The molecule has 1 nitrogen and oxygen atoms in total. The first kappa shape index (κ1) is 11.1. The van der Waals surface area contributed by atoms with Crippen LogP contribution in [-0.4, -0.2) is 12.6 Å². The molecule has 3 heteroatoms. The van der Waals surface area contributed by atoms with Gasteiger partial charge in [-0.1, -0.05) is 13.0 Å². The zero-order chi connectivity index (χ0) is 12.0. The lowest BCUT2D eigenvalue weighted by molar-refractivity contribution is 0.499. The van der Waals surface area contributed by atoms with Crippen LogP contribution in [0.15, 0.2) is 18.2 Å². The van der Waals surface area contributed by atoms with Crippen LogP contribution in [0.2, 0.25) is 0 Å². The summed E-state index contributed by atoms with van der Waals surface area (Å²) < 4.78 is 27.4. The summed E-state index contributed by atoms with van der Waals surface area (Å²) in [4.78, 5) is 0. The molecule has 0 spiro atoms. The number of halogens is 2. The Morgan fingerprint density at radius 2 is 1.94 bits per heavy atom. The molecular weight excluding hydrogens is 220 g/mol. The first-order chi connectivity index (χ1) is 8.11. The molecule has 2 aliphatic rings. The quantitative estimate of drug-likeness (QED) is 0.849. The normalized spacial score (nSPS) is 31.6. The molecule has 1 aromatic carbocycles. The summed E-state index contributed by atoms with van der Waals surface area (Å²) in [6.07, 6.45) is 3.37. The van der Waals surface area contributed by atoms with Crippen LogP contribution in [0.1, 0.15) is 31.7 Å². The summed E-state index contributed by atoms with van der Waals surface area (Å²) in [6, 6.07) is 4.79. The van der Waals surface area contributed by atoms with Crippen molar-refractivity contribution >= 4 is 0 Å². The number of nitrogens with one attached hydrogen (secondary N) is 1. The second-order valence-corrected chi connectivity index (χ2v) is 5.60. The van der Waals surface area contributed by atoms with Gasteiger partial charge in [0.2, 0.25) is 0 Å². The molecule has 1 aromatic rings. The van der Waals surface area contributed by atoms with Crippen molar-refractivity contribution in [2.45, 2.75) is 37.6 Å². The fourth-order valence-electron chi connectivity index (χ4n) is 2.70. The third-order valence-electron chi connectivity index (χ3n) is 4.18. The summed E-state index contributed by atoms with van der Waals surface area (Å²) in [5, 5.41) is 3.44. The van der Waals surface area contributed by atoms with Crippen LogP contribution < -0.4 is 5.32 Å². The predicted molar refractivity (Wildman–Crippen MR) is 62.8 cm³/mol. The average molecular weight is 237 g/mol. The van der Waals surface area contributed by atoms with E-state index < -0.39 is 11.6 Å². The minimum Gasteiger partial charge on any atom is -0.314 e. The van der Waals surface area contributed by atoms with Gasteiger partial charge in [-0.15, -0.1) is 0 Å². The number of hydrogen-bond acceptors (Lipinski definition) is 1. The number of hydrogen-bond donors (Lipinski definition) is 1. The van der Waals surface area contributed by atoms with Crippen molar-refractivity contribution in [2.75, 3.05) is 6.54 Å². The zero-order valence-corrected chi connectivity index (χ0v) is 9.97. The molecule has 0 radical (unpaired) electrons. The van der Waals surface area contributed by atoms with Crippen molar-refractivity contribution in [3.05, 3.63) is 35.4 Å². The van der Waals surface area contributed by atoms with E-state index in [0.29, 0.717) is 12.0 Å². The van der Waals surface area contributed by atoms with E-state index in [9.17, 15) is 8.78 Å². The summed E-state index contributed by atoms with van der Waals surface area (Å²) in [5.41, 5.74) is -0.0280. The van der Waals surface area contributed by atoms with E-state index in [1.54, 1.807) is 0 Å². The minimum absolute atomic E-state index is 0.280. The van der Waals surface area contributed by atoms with Gasteiger partial charge in [-0.2, -0.15) is 0 Å². The first-order valence-electron chi connectivity index (χ1n) is 6.29. The van der Waals surface area contributed by atoms with Crippen molar-refractivity contribution in [2.24, 2.45) is 5.92 Å². The van der Waals surface area contributed by atoms with Gasteiger partial charge < -0.3 is 5.32 Å². The molecule has 2 saturated carbocycles. The Hall–Kier alpha value is -0.960. The maximum atomic E-state index is 13.7. The Bertz CT molecular complexity index is 422. The van der Waals surface area contributed by atoms with E-state index in [1.807, 2.05) is 6.92 Å². The highest BCUT2D eigenvalue weighted by atomic mass is 19.1. The topological polar surface area (TPSA) is 12.0 Å². The molecular formula is C14H17F2N. The zero-order valence-electron chi connectivity index (χ0n) is 9.97. The molecule has 17 heavy (non-hydrogen) atoms. The first-order valence-corrected chi connectivity index (χ1v) is 6.29. The maximum absolute atomic E-state index is 13.7. The lowest BCUT2D eigenvalue weighted by Gasteiger charge is -2.14. The van der Waals surface area contributed by atoms with Crippen LogP contribution in [-0.2, 0) is 5.41 Å². The van der Waals surface area contributed by atoms with Crippen molar-refractivity contribution in [1.82, 2.24) is 5.32 Å². The van der Waals surface area contributed by atoms with E-state index in [1.165, 1.54) is 31.0 Å². The van der Waals surface area contributed by atoms with Gasteiger partial charge in [-0.3, -0.25) is 0 Å². The van der Waals surface area contributed by atoms with Crippen LogP contribution in [0.25, 0.3) is 0 Å². The lowest BCUT2D eigenvalue weighted by atomic mass is 9.94. The molecule has 2 unspecified atom stereocenters. The Labute approximate surface area is 100 Å². The fraction of sp³-hybridized carbons (Fsp3) is 0.571. The van der Waals surface area contributed by atoms with Gasteiger partial charge >= 0.3 is 0 Å². The van der Waals surface area contributed by atoms with Gasteiger partial charge in [0.25, 0.3) is 0 Å². The predicted octanol–water partition coefficient (Wildman–Crippen LogP) is 2.99. The third-order valence-corrected chi connectivity index (χ3v) is 4.18. The lowest BCUT2D eigenvalue weighted by Crippen LogP contribution is -2.23. The Morgan fingerprint density at radius 1 is 1.29 bits per heavy atom. The molecule has 1 N–H and O–H groups in total. The van der Waals surface area contributed by atoms with E-state index in [-0.39, 0.29) is 11.0 Å². The molecule has 0 bridgehead atoms. The Balaban J connectivity index is 1.75. The summed E-state index contributed by atoms with van der Waals surface area (Å²) in [5.74, 6) is -0.433. The minimum atomic E-state index is -0.401. The molecule has 3 rings (SSSR count). The fourth-order valence-corrected chi connectivity index (χ4v) is 2.70. The summed E-state index contributed by atoms with van der Waals surface area (Å²) in [6.45, 7) is 2.85. The van der Waals surface area contributed by atoms with E-state index in [4.69, 9.17) is 0 Å². The van der Waals surface area contributed by atoms with Crippen LogP contribution in [0.5, 0.6) is 0 Å². The van der Waals surface area contributed by atoms with E-state index in [2.05, 4.69) is 5.32 Å². The van der Waals surface area contributed by atoms with Crippen molar-refractivity contribution in [3.63, 3.8) is 0 Å². The molecule has 92 valence electrons. The largest absolute Gasteiger partial charge is 0.314 e. The second kappa shape index (κ2) is 3.77. The van der Waals surface area contributed by atoms with Crippen LogP contribution in [0.4, 0.5) is 8.78 Å². The maximum Gasteiger partial charge on any atom is 0.129 e. The highest BCUT2D eigenvalue weighted by Gasteiger charge is 2.53. The summed E-state index contributed by atoms with van der Waals surface area (Å²) >= 11 is 0. The van der Waals surface area contributed by atoms with Crippen LogP contribution >= 0.6 is 0 Å². The Morgan fingerprint density at radius 3 is 2.53 bits per heavy atom. The van der Waals surface area contributed by atoms with Crippen molar-refractivity contribution in [1.29, 1.82) is 0 Å². The highest BCUT2D eigenvalue weighted by molar-refractivity contribution is 5.35. The SMILES string of the molecule is CC1(c2c(F)cccc2F)CC1CNC1CC1. The number of rotatable bonds is 4. The smallest absolute Gasteiger partial charge is 0.129 e. The third kappa shape index (κ3) is 1.97. The molecule has 2 fully saturated rings. The van der Waals surface area contributed by atoms with Gasteiger partial charge in [-0.05, 0) is 43.9 Å².